The molecule has 11 heteroatoms. The normalized spacial score (nSPS) is 15.8. The Labute approximate surface area is 171 Å². The Morgan fingerprint density at radius 3 is 2.57 bits per heavy atom. The van der Waals surface area contributed by atoms with Crippen molar-refractivity contribution in [2.24, 2.45) is 5.92 Å². The first kappa shape index (κ1) is 21.7. The molecule has 1 heterocycles. The van der Waals surface area contributed by atoms with E-state index in [1.807, 2.05) is 0 Å². The van der Waals surface area contributed by atoms with Crippen molar-refractivity contribution >= 4 is 11.9 Å². The van der Waals surface area contributed by atoms with Gasteiger partial charge in [-0.15, -0.1) is 4.68 Å². The van der Waals surface area contributed by atoms with Crippen molar-refractivity contribution in [1.82, 2.24) is 26.2 Å². The van der Waals surface area contributed by atoms with Crippen molar-refractivity contribution in [3.63, 3.8) is 0 Å². The standard InChI is InChI=1S/C19H23F3N6O2/c1-11-25-26-27-28(11)16-8-7-13(10-15(16)19(20,21)22)14(9-12-5-3-4-6-12)17(29)24-18(30)23-2/h7-8,10,12,14H,3-6,9H2,1-2H3,(H2,23,24,29,30)/p+1. The Morgan fingerprint density at radius 2 is 2.00 bits per heavy atom. The highest BCUT2D eigenvalue weighted by Crippen LogP contribution is 2.38. The lowest BCUT2D eigenvalue weighted by Gasteiger charge is -2.22. The van der Waals surface area contributed by atoms with Crippen molar-refractivity contribution in [2.45, 2.75) is 51.1 Å². The summed E-state index contributed by atoms with van der Waals surface area (Å²) in [4.78, 5) is 24.4. The van der Waals surface area contributed by atoms with E-state index in [-0.39, 0.29) is 23.0 Å². The van der Waals surface area contributed by atoms with E-state index in [0.717, 1.165) is 36.4 Å². The second kappa shape index (κ2) is 8.80. The molecule has 1 aliphatic rings. The number of nitrogens with zero attached hydrogens (tertiary/aromatic N) is 3. The van der Waals surface area contributed by atoms with E-state index in [9.17, 15) is 22.8 Å². The van der Waals surface area contributed by atoms with Gasteiger partial charge in [-0.2, -0.15) is 13.2 Å². The van der Waals surface area contributed by atoms with Crippen LogP contribution in [-0.2, 0) is 11.0 Å². The zero-order valence-electron chi connectivity index (χ0n) is 16.7. The lowest BCUT2D eigenvalue weighted by molar-refractivity contribution is -0.667. The highest BCUT2D eigenvalue weighted by Gasteiger charge is 2.38. The fraction of sp³-hybridized carbons (Fsp3) is 0.526. The summed E-state index contributed by atoms with van der Waals surface area (Å²) >= 11 is 0. The van der Waals surface area contributed by atoms with Crippen LogP contribution >= 0.6 is 0 Å². The molecule has 0 bridgehead atoms. The molecule has 0 saturated heterocycles. The van der Waals surface area contributed by atoms with Gasteiger partial charge in [0, 0.05) is 14.0 Å². The van der Waals surface area contributed by atoms with E-state index in [1.54, 1.807) is 0 Å². The van der Waals surface area contributed by atoms with E-state index in [4.69, 9.17) is 0 Å². The molecule has 1 aromatic heterocycles. The number of aromatic nitrogens is 4. The van der Waals surface area contributed by atoms with Crippen LogP contribution in [0.5, 0.6) is 0 Å². The number of rotatable bonds is 5. The van der Waals surface area contributed by atoms with Crippen molar-refractivity contribution in [3.05, 3.63) is 35.2 Å². The van der Waals surface area contributed by atoms with Gasteiger partial charge in [-0.25, -0.2) is 4.79 Å². The molecule has 3 rings (SSSR count). The fourth-order valence-corrected chi connectivity index (χ4v) is 3.91. The van der Waals surface area contributed by atoms with Crippen LogP contribution in [0, 0.1) is 12.8 Å². The summed E-state index contributed by atoms with van der Waals surface area (Å²) in [7, 11) is 1.36. The van der Waals surface area contributed by atoms with Gasteiger partial charge in [0.25, 0.3) is 0 Å². The summed E-state index contributed by atoms with van der Waals surface area (Å²) in [5.41, 5.74) is -0.867. The van der Waals surface area contributed by atoms with Crippen LogP contribution < -0.4 is 15.3 Å². The summed E-state index contributed by atoms with van der Waals surface area (Å²) in [6.45, 7) is 1.53. The molecule has 30 heavy (non-hydrogen) atoms. The lowest BCUT2D eigenvalue weighted by Crippen LogP contribution is -2.41. The van der Waals surface area contributed by atoms with Gasteiger partial charge < -0.3 is 5.32 Å². The van der Waals surface area contributed by atoms with Crippen LogP contribution in [0.15, 0.2) is 18.2 Å². The topological polar surface area (TPSA) is 104 Å². The molecule has 0 aliphatic heterocycles. The van der Waals surface area contributed by atoms with Gasteiger partial charge in [-0.3, -0.25) is 10.1 Å². The molecular weight excluding hydrogens is 401 g/mol. The first-order chi connectivity index (χ1) is 14.2. The SMILES string of the molecule is CNC(=O)NC(=O)C(CC1CCCC1)c1ccc(-[n+]2[nH]nnc2C)c(C(F)(F)F)c1. The number of carbonyl (C=O) groups excluding carboxylic acids is 2. The number of carbonyl (C=O) groups is 2. The molecule has 1 atom stereocenters. The molecule has 0 spiro atoms. The Morgan fingerprint density at radius 1 is 1.30 bits per heavy atom. The molecule has 8 nitrogen and oxygen atoms in total. The predicted octanol–water partition coefficient (Wildman–Crippen LogP) is 2.53. The van der Waals surface area contributed by atoms with Gasteiger partial charge in [0.2, 0.25) is 5.91 Å². The van der Waals surface area contributed by atoms with E-state index in [0.29, 0.717) is 6.42 Å². The van der Waals surface area contributed by atoms with Gasteiger partial charge in [0.15, 0.2) is 5.21 Å². The largest absolute Gasteiger partial charge is 0.419 e. The molecule has 0 radical (unpaired) electrons. The second-order valence-corrected chi connectivity index (χ2v) is 7.46. The zero-order valence-corrected chi connectivity index (χ0v) is 16.7. The quantitative estimate of drug-likeness (QED) is 0.641. The Bertz CT molecular complexity index is 921. The third kappa shape index (κ3) is 4.77. The Hall–Kier alpha value is -2.98. The van der Waals surface area contributed by atoms with E-state index in [2.05, 4.69) is 26.2 Å². The summed E-state index contributed by atoms with van der Waals surface area (Å²) in [6, 6.07) is 3.06. The number of urea groups is 1. The number of benzene rings is 1. The molecule has 1 saturated carbocycles. The van der Waals surface area contributed by atoms with Gasteiger partial charge >= 0.3 is 18.0 Å². The van der Waals surface area contributed by atoms with E-state index < -0.39 is 29.6 Å². The number of imide groups is 1. The number of nitrogens with one attached hydrogen (secondary N) is 3. The minimum absolute atomic E-state index is 0.167. The van der Waals surface area contributed by atoms with Crippen LogP contribution in [-0.4, -0.2) is 34.5 Å². The van der Waals surface area contributed by atoms with E-state index in [1.165, 1.54) is 26.1 Å². The molecule has 3 N–H and O–H groups in total. The molecule has 3 amide bonds. The van der Waals surface area contributed by atoms with Gasteiger partial charge in [-0.1, -0.05) is 37.0 Å². The number of halogens is 3. The molecule has 1 aliphatic carbocycles. The fourth-order valence-electron chi connectivity index (χ4n) is 3.91. The maximum atomic E-state index is 13.9. The molecule has 2 aromatic rings. The average molecular weight is 425 g/mol. The Kier molecular flexibility index (Phi) is 6.37. The van der Waals surface area contributed by atoms with E-state index >= 15 is 0 Å². The summed E-state index contributed by atoms with van der Waals surface area (Å²) in [6.07, 6.45) is -0.373. The van der Waals surface area contributed by atoms with Crippen molar-refractivity contribution in [3.8, 4) is 5.69 Å². The van der Waals surface area contributed by atoms with Gasteiger partial charge in [0.1, 0.15) is 10.8 Å². The number of alkyl halides is 3. The highest BCUT2D eigenvalue weighted by atomic mass is 19.4. The minimum Gasteiger partial charge on any atom is -0.341 e. The molecule has 1 fully saturated rings. The Balaban J connectivity index is 2.02. The average Bonchev–Trinajstić information content (AvgIpc) is 3.36. The number of hydrogen-bond acceptors (Lipinski definition) is 4. The smallest absolute Gasteiger partial charge is 0.341 e. The number of H-pyrrole nitrogens is 1. The van der Waals surface area contributed by atoms with Gasteiger partial charge in [-0.05, 0) is 30.0 Å². The van der Waals surface area contributed by atoms with Crippen LogP contribution in [0.2, 0.25) is 0 Å². The summed E-state index contributed by atoms with van der Waals surface area (Å²) < 4.78 is 42.7. The van der Waals surface area contributed by atoms with Crippen LogP contribution in [0.4, 0.5) is 18.0 Å². The second-order valence-electron chi connectivity index (χ2n) is 7.46. The molecular formula is C19H24F3N6O2+. The predicted molar refractivity (Wildman–Crippen MR) is 99.6 cm³/mol. The van der Waals surface area contributed by atoms with Crippen LogP contribution in [0.25, 0.3) is 5.69 Å². The lowest BCUT2D eigenvalue weighted by atomic mass is 9.86. The first-order valence-corrected chi connectivity index (χ1v) is 9.74. The third-order valence-electron chi connectivity index (χ3n) is 5.46. The van der Waals surface area contributed by atoms with Crippen molar-refractivity contribution in [1.29, 1.82) is 0 Å². The summed E-state index contributed by atoms with van der Waals surface area (Å²) in [5.74, 6) is -0.998. The van der Waals surface area contributed by atoms with Crippen molar-refractivity contribution < 1.29 is 27.4 Å². The number of tetrazole rings is 1. The first-order valence-electron chi connectivity index (χ1n) is 9.74. The van der Waals surface area contributed by atoms with Crippen molar-refractivity contribution in [2.75, 3.05) is 7.05 Å². The number of hydrogen-bond donors (Lipinski definition) is 3. The highest BCUT2D eigenvalue weighted by molar-refractivity contribution is 5.97. The third-order valence-corrected chi connectivity index (χ3v) is 5.46. The number of amides is 3. The van der Waals surface area contributed by atoms with Gasteiger partial charge in [0.05, 0.1) is 11.5 Å². The maximum Gasteiger partial charge on any atom is 0.419 e. The molecule has 1 unspecified atom stereocenters. The zero-order chi connectivity index (χ0) is 21.9. The number of aryl methyl sites for hydroxylation is 1. The molecule has 1 aromatic carbocycles. The van der Waals surface area contributed by atoms with Crippen LogP contribution in [0.3, 0.4) is 0 Å². The van der Waals surface area contributed by atoms with Crippen LogP contribution in [0.1, 0.15) is 55.0 Å². The number of aromatic amines is 1. The maximum absolute atomic E-state index is 13.9. The minimum atomic E-state index is -4.66. The monoisotopic (exact) mass is 425 g/mol. The summed E-state index contributed by atoms with van der Waals surface area (Å²) in [5, 5.41) is 14.1. The molecule has 162 valence electrons.